The van der Waals surface area contributed by atoms with Crippen molar-refractivity contribution in [3.63, 3.8) is 0 Å². The summed E-state index contributed by atoms with van der Waals surface area (Å²) in [6.07, 6.45) is -3.34. The Morgan fingerprint density at radius 2 is 2.11 bits per heavy atom. The van der Waals surface area contributed by atoms with E-state index >= 15 is 0 Å². The maximum atomic E-state index is 12.7. The highest BCUT2D eigenvalue weighted by molar-refractivity contribution is 6.30. The van der Waals surface area contributed by atoms with Crippen molar-refractivity contribution >= 4 is 17.3 Å². The molecule has 0 aliphatic carbocycles. The molecular weight excluding hydrogens is 277 g/mol. The number of hydrogen-bond acceptors (Lipinski definition) is 2. The van der Waals surface area contributed by atoms with Gasteiger partial charge < -0.3 is 5.73 Å². The van der Waals surface area contributed by atoms with E-state index in [9.17, 15) is 13.2 Å². The molecule has 0 amide bonds. The van der Waals surface area contributed by atoms with Gasteiger partial charge in [-0.05, 0) is 43.1 Å². The van der Waals surface area contributed by atoms with Crippen LogP contribution in [0.1, 0.15) is 18.4 Å². The summed E-state index contributed by atoms with van der Waals surface area (Å²) in [6.45, 7) is 1.12. The molecule has 1 heterocycles. The highest BCUT2D eigenvalue weighted by Gasteiger charge is 2.41. The first-order valence-electron chi connectivity index (χ1n) is 6.19. The second-order valence-corrected chi connectivity index (χ2v) is 5.40. The third-order valence-electron chi connectivity index (χ3n) is 3.47. The lowest BCUT2D eigenvalue weighted by Crippen LogP contribution is -2.41. The topological polar surface area (TPSA) is 29.3 Å². The molecular formula is C13H16ClF3N2. The van der Waals surface area contributed by atoms with Crippen LogP contribution in [-0.2, 0) is 6.54 Å². The molecule has 1 fully saturated rings. The third kappa shape index (κ3) is 3.76. The van der Waals surface area contributed by atoms with Crippen LogP contribution in [0.5, 0.6) is 0 Å². The maximum absolute atomic E-state index is 12.7. The predicted octanol–water partition coefficient (Wildman–Crippen LogP) is 3.70. The van der Waals surface area contributed by atoms with Gasteiger partial charge in [-0.25, -0.2) is 0 Å². The van der Waals surface area contributed by atoms with E-state index in [2.05, 4.69) is 0 Å². The minimum atomic E-state index is -4.11. The number of halogens is 4. The summed E-state index contributed by atoms with van der Waals surface area (Å²) < 4.78 is 38.2. The number of nitrogens with zero attached hydrogens (tertiary/aromatic N) is 1. The van der Waals surface area contributed by atoms with Gasteiger partial charge in [-0.1, -0.05) is 11.6 Å². The summed E-state index contributed by atoms with van der Waals surface area (Å²) in [7, 11) is 0. The summed E-state index contributed by atoms with van der Waals surface area (Å²) in [6, 6.07) is 5.08. The van der Waals surface area contributed by atoms with Gasteiger partial charge in [0.2, 0.25) is 0 Å². The average molecular weight is 293 g/mol. The zero-order valence-corrected chi connectivity index (χ0v) is 11.1. The van der Waals surface area contributed by atoms with Crippen LogP contribution in [-0.4, -0.2) is 24.2 Å². The minimum absolute atomic E-state index is 0.0372. The van der Waals surface area contributed by atoms with E-state index < -0.39 is 12.1 Å². The van der Waals surface area contributed by atoms with E-state index in [1.54, 1.807) is 23.1 Å². The Labute approximate surface area is 115 Å². The lowest BCUT2D eigenvalue weighted by atomic mass is 9.97. The molecule has 6 heteroatoms. The van der Waals surface area contributed by atoms with Crippen LogP contribution in [0.3, 0.4) is 0 Å². The number of nitrogen functional groups attached to an aromatic ring is 1. The summed E-state index contributed by atoms with van der Waals surface area (Å²) in [5.74, 6) is -1.23. The Hall–Kier alpha value is -0.940. The molecule has 0 spiro atoms. The fourth-order valence-corrected chi connectivity index (χ4v) is 2.61. The second-order valence-electron chi connectivity index (χ2n) is 4.96. The standard InChI is InChI=1S/C13H16ClF3N2/c14-11-3-4-12(18)9(6-11)7-19-5-1-2-10(8-19)13(15,16)17/h3-4,6,10H,1-2,5,7-8,18H2. The normalized spacial score (nSPS) is 21.6. The van der Waals surface area contributed by atoms with Crippen LogP contribution in [0.15, 0.2) is 18.2 Å². The molecule has 2 rings (SSSR count). The Bertz CT molecular complexity index is 448. The molecule has 0 bridgehead atoms. The molecule has 1 atom stereocenters. The van der Waals surface area contributed by atoms with Crippen molar-refractivity contribution in [2.75, 3.05) is 18.8 Å². The van der Waals surface area contributed by atoms with Gasteiger partial charge in [0.15, 0.2) is 0 Å². The molecule has 19 heavy (non-hydrogen) atoms. The van der Waals surface area contributed by atoms with Crippen molar-refractivity contribution < 1.29 is 13.2 Å². The monoisotopic (exact) mass is 292 g/mol. The van der Waals surface area contributed by atoms with Crippen molar-refractivity contribution in [2.24, 2.45) is 5.92 Å². The summed E-state index contributed by atoms with van der Waals surface area (Å²) >= 11 is 5.88. The molecule has 1 aliphatic rings. The fourth-order valence-electron chi connectivity index (χ4n) is 2.42. The third-order valence-corrected chi connectivity index (χ3v) is 3.70. The van der Waals surface area contributed by atoms with Crippen molar-refractivity contribution in [3.8, 4) is 0 Å². The summed E-state index contributed by atoms with van der Waals surface area (Å²) in [5.41, 5.74) is 7.17. The van der Waals surface area contributed by atoms with E-state index in [1.807, 2.05) is 0 Å². The van der Waals surface area contributed by atoms with Gasteiger partial charge in [0, 0.05) is 23.8 Å². The first kappa shape index (κ1) is 14.5. The zero-order valence-electron chi connectivity index (χ0n) is 10.4. The minimum Gasteiger partial charge on any atom is -0.398 e. The van der Waals surface area contributed by atoms with Crippen molar-refractivity contribution in [1.82, 2.24) is 4.90 Å². The predicted molar refractivity (Wildman–Crippen MR) is 69.9 cm³/mol. The molecule has 0 saturated carbocycles. The lowest BCUT2D eigenvalue weighted by Gasteiger charge is -2.33. The Kier molecular flexibility index (Phi) is 4.26. The number of nitrogens with two attached hydrogens (primary N) is 1. The lowest BCUT2D eigenvalue weighted by molar-refractivity contribution is -0.187. The highest BCUT2D eigenvalue weighted by Crippen LogP contribution is 2.34. The molecule has 0 aromatic heterocycles. The molecule has 1 unspecified atom stereocenters. The summed E-state index contributed by atoms with van der Waals surface area (Å²) in [5, 5.41) is 0.550. The molecule has 2 nitrogen and oxygen atoms in total. The number of hydrogen-bond donors (Lipinski definition) is 1. The van der Waals surface area contributed by atoms with Crippen LogP contribution < -0.4 is 5.73 Å². The van der Waals surface area contributed by atoms with Crippen molar-refractivity contribution in [3.05, 3.63) is 28.8 Å². The van der Waals surface area contributed by atoms with Gasteiger partial charge in [-0.3, -0.25) is 4.90 Å². The largest absolute Gasteiger partial charge is 0.398 e. The Balaban J connectivity index is 2.05. The molecule has 1 aliphatic heterocycles. The van der Waals surface area contributed by atoms with E-state index in [0.717, 1.165) is 5.56 Å². The van der Waals surface area contributed by atoms with Gasteiger partial charge in [0.05, 0.1) is 5.92 Å². The quantitative estimate of drug-likeness (QED) is 0.842. The zero-order chi connectivity index (χ0) is 14.0. The van der Waals surface area contributed by atoms with Crippen molar-refractivity contribution in [1.29, 1.82) is 0 Å². The maximum Gasteiger partial charge on any atom is 0.393 e. The number of piperidine rings is 1. The molecule has 1 aromatic carbocycles. The van der Waals surface area contributed by atoms with E-state index in [1.165, 1.54) is 0 Å². The van der Waals surface area contributed by atoms with Gasteiger partial charge in [0.25, 0.3) is 0 Å². The number of anilines is 1. The van der Waals surface area contributed by atoms with Gasteiger partial charge in [-0.2, -0.15) is 13.2 Å². The number of rotatable bonds is 2. The molecule has 1 aromatic rings. The van der Waals surface area contributed by atoms with Crippen LogP contribution in [0.25, 0.3) is 0 Å². The molecule has 106 valence electrons. The number of likely N-dealkylation sites (tertiary alicyclic amines) is 1. The number of alkyl halides is 3. The van der Waals surface area contributed by atoms with Gasteiger partial charge >= 0.3 is 6.18 Å². The Morgan fingerprint density at radius 1 is 1.37 bits per heavy atom. The van der Waals surface area contributed by atoms with Gasteiger partial charge in [-0.15, -0.1) is 0 Å². The highest BCUT2D eigenvalue weighted by atomic mass is 35.5. The first-order valence-corrected chi connectivity index (χ1v) is 6.57. The van der Waals surface area contributed by atoms with Gasteiger partial charge in [0.1, 0.15) is 0 Å². The smallest absolute Gasteiger partial charge is 0.393 e. The molecule has 0 radical (unpaired) electrons. The second kappa shape index (κ2) is 5.59. The van der Waals surface area contributed by atoms with Crippen LogP contribution in [0.4, 0.5) is 18.9 Å². The van der Waals surface area contributed by atoms with Crippen molar-refractivity contribution in [2.45, 2.75) is 25.6 Å². The fraction of sp³-hybridized carbons (Fsp3) is 0.538. The summed E-state index contributed by atoms with van der Waals surface area (Å²) in [4.78, 5) is 1.80. The van der Waals surface area contributed by atoms with Crippen LogP contribution in [0, 0.1) is 5.92 Å². The average Bonchev–Trinajstić information content (AvgIpc) is 2.33. The van der Waals surface area contributed by atoms with Crippen LogP contribution in [0.2, 0.25) is 5.02 Å². The molecule has 1 saturated heterocycles. The van der Waals surface area contributed by atoms with Crippen LogP contribution >= 0.6 is 11.6 Å². The number of benzene rings is 1. The van der Waals surface area contributed by atoms with E-state index in [4.69, 9.17) is 17.3 Å². The van der Waals surface area contributed by atoms with E-state index in [-0.39, 0.29) is 13.0 Å². The Morgan fingerprint density at radius 3 is 2.79 bits per heavy atom. The molecule has 2 N–H and O–H groups in total. The van der Waals surface area contributed by atoms with E-state index in [0.29, 0.717) is 30.2 Å². The first-order chi connectivity index (χ1) is 8.86. The SMILES string of the molecule is Nc1ccc(Cl)cc1CN1CCCC(C(F)(F)F)C1.